The molecule has 1 amide bonds. The van der Waals surface area contributed by atoms with E-state index in [1.165, 1.54) is 6.42 Å². The summed E-state index contributed by atoms with van der Waals surface area (Å²) < 4.78 is 0. The third-order valence-electron chi connectivity index (χ3n) is 6.61. The van der Waals surface area contributed by atoms with E-state index >= 15 is 0 Å². The molecular weight excluding hydrogens is 505 g/mol. The number of carbonyl (C=O) groups excluding carboxylic acids is 1. The highest BCUT2D eigenvalue weighted by Crippen LogP contribution is 2.28. The van der Waals surface area contributed by atoms with Crippen LogP contribution in [-0.4, -0.2) is 104 Å². The number of nitrogens with zero attached hydrogens (tertiary/aromatic N) is 6. The molecule has 1 N–H and O–H groups in total. The van der Waals surface area contributed by atoms with E-state index in [-0.39, 0.29) is 24.0 Å². The lowest BCUT2D eigenvalue weighted by Crippen LogP contribution is -2.54. The highest BCUT2D eigenvalue weighted by Gasteiger charge is 2.31. The van der Waals surface area contributed by atoms with Gasteiger partial charge >= 0.3 is 0 Å². The molecule has 3 heterocycles. The Hall–Kier alpha value is -1.62. The van der Waals surface area contributed by atoms with Crippen LogP contribution in [0.2, 0.25) is 0 Å². The molecule has 2 saturated heterocycles. The van der Waals surface area contributed by atoms with Crippen LogP contribution in [0, 0.1) is 5.92 Å². The third kappa shape index (κ3) is 6.21. The molecule has 9 heteroatoms. The standard InChI is InChI=1S/C22H35N7O.HI/c1-23-22(29-17-15-27(16-18-29)20-7-2-3-8-24-20)25-9-10-26-11-13-28(14-12-26)21(30)19-5-4-6-19;/h2-3,7-8,19H,4-6,9-18H2,1H3,(H,23,25);1H. The summed E-state index contributed by atoms with van der Waals surface area (Å²) in [7, 11) is 1.86. The average Bonchev–Trinajstić information content (AvgIpc) is 2.77. The zero-order valence-corrected chi connectivity index (χ0v) is 20.9. The van der Waals surface area contributed by atoms with Gasteiger partial charge in [0.15, 0.2) is 5.96 Å². The first kappa shape index (κ1) is 24.0. The number of aromatic nitrogens is 1. The van der Waals surface area contributed by atoms with E-state index in [0.29, 0.717) is 11.8 Å². The number of aliphatic imine (C=N–C) groups is 1. The Bertz CT molecular complexity index is 712. The molecule has 1 aromatic heterocycles. The van der Waals surface area contributed by atoms with Crippen LogP contribution in [0.25, 0.3) is 0 Å². The van der Waals surface area contributed by atoms with Crippen LogP contribution in [0.4, 0.5) is 5.82 Å². The number of piperazine rings is 2. The smallest absolute Gasteiger partial charge is 0.225 e. The molecule has 0 spiro atoms. The Morgan fingerprint density at radius 3 is 2.35 bits per heavy atom. The molecule has 4 rings (SSSR count). The Labute approximate surface area is 203 Å². The van der Waals surface area contributed by atoms with E-state index in [2.05, 4.69) is 41.0 Å². The first-order valence-corrected chi connectivity index (χ1v) is 11.4. The zero-order valence-electron chi connectivity index (χ0n) is 18.6. The monoisotopic (exact) mass is 541 g/mol. The van der Waals surface area contributed by atoms with E-state index in [1.54, 1.807) is 0 Å². The number of hydrogen-bond donors (Lipinski definition) is 1. The molecule has 8 nitrogen and oxygen atoms in total. The minimum Gasteiger partial charge on any atom is -0.355 e. The Morgan fingerprint density at radius 2 is 1.77 bits per heavy atom. The normalized spacial score (nSPS) is 20.8. The predicted molar refractivity (Wildman–Crippen MR) is 135 cm³/mol. The number of amides is 1. The number of carbonyl (C=O) groups is 1. The number of rotatable bonds is 5. The van der Waals surface area contributed by atoms with Crippen molar-refractivity contribution in [2.75, 3.05) is 77.4 Å². The maximum Gasteiger partial charge on any atom is 0.225 e. The van der Waals surface area contributed by atoms with Gasteiger partial charge in [-0.2, -0.15) is 0 Å². The summed E-state index contributed by atoms with van der Waals surface area (Å²) in [6.07, 6.45) is 5.27. The third-order valence-corrected chi connectivity index (χ3v) is 6.61. The number of pyridine rings is 1. The van der Waals surface area contributed by atoms with Gasteiger partial charge < -0.3 is 20.0 Å². The van der Waals surface area contributed by atoms with Crippen LogP contribution in [0.15, 0.2) is 29.4 Å². The minimum atomic E-state index is 0. The van der Waals surface area contributed by atoms with E-state index in [4.69, 9.17) is 0 Å². The summed E-state index contributed by atoms with van der Waals surface area (Å²) in [5.41, 5.74) is 0. The molecule has 3 aliphatic rings. The van der Waals surface area contributed by atoms with Crippen molar-refractivity contribution in [3.63, 3.8) is 0 Å². The van der Waals surface area contributed by atoms with Crippen molar-refractivity contribution in [2.45, 2.75) is 19.3 Å². The summed E-state index contributed by atoms with van der Waals surface area (Å²) in [5.74, 6) is 2.74. The lowest BCUT2D eigenvalue weighted by molar-refractivity contribution is -0.139. The number of nitrogens with one attached hydrogen (secondary N) is 1. The molecule has 2 aliphatic heterocycles. The molecule has 0 atom stereocenters. The van der Waals surface area contributed by atoms with E-state index in [9.17, 15) is 4.79 Å². The van der Waals surface area contributed by atoms with Crippen molar-refractivity contribution in [1.29, 1.82) is 0 Å². The van der Waals surface area contributed by atoms with Crippen molar-refractivity contribution in [2.24, 2.45) is 10.9 Å². The summed E-state index contributed by atoms with van der Waals surface area (Å²) in [6, 6.07) is 6.07. The molecular formula is C22H36IN7O. The van der Waals surface area contributed by atoms with Crippen molar-refractivity contribution >= 4 is 41.7 Å². The van der Waals surface area contributed by atoms with Crippen molar-refractivity contribution in [3.8, 4) is 0 Å². The van der Waals surface area contributed by atoms with Crippen molar-refractivity contribution in [3.05, 3.63) is 24.4 Å². The summed E-state index contributed by atoms with van der Waals surface area (Å²) >= 11 is 0. The SMILES string of the molecule is CN=C(NCCN1CCN(C(=O)C2CCC2)CC1)N1CCN(c2ccccn2)CC1.I. The van der Waals surface area contributed by atoms with Gasteiger partial charge in [-0.25, -0.2) is 4.98 Å². The summed E-state index contributed by atoms with van der Waals surface area (Å²) in [5, 5.41) is 3.53. The Kier molecular flexibility index (Phi) is 9.18. The molecule has 1 aliphatic carbocycles. The predicted octanol–water partition coefficient (Wildman–Crippen LogP) is 1.34. The first-order chi connectivity index (χ1) is 14.7. The largest absolute Gasteiger partial charge is 0.355 e. The molecule has 0 unspecified atom stereocenters. The van der Waals surface area contributed by atoms with Crippen LogP contribution < -0.4 is 10.2 Å². The second kappa shape index (κ2) is 11.8. The second-order valence-electron chi connectivity index (χ2n) is 8.43. The minimum absolute atomic E-state index is 0. The van der Waals surface area contributed by atoms with Gasteiger partial charge in [0, 0.05) is 84.6 Å². The highest BCUT2D eigenvalue weighted by atomic mass is 127. The van der Waals surface area contributed by atoms with Gasteiger partial charge in [0.2, 0.25) is 5.91 Å². The maximum atomic E-state index is 12.4. The van der Waals surface area contributed by atoms with Gasteiger partial charge in [-0.3, -0.25) is 14.7 Å². The van der Waals surface area contributed by atoms with Gasteiger partial charge in [0.05, 0.1) is 0 Å². The summed E-state index contributed by atoms with van der Waals surface area (Å²) in [6.45, 7) is 9.35. The van der Waals surface area contributed by atoms with Gasteiger partial charge in [-0.05, 0) is 25.0 Å². The highest BCUT2D eigenvalue weighted by molar-refractivity contribution is 14.0. The molecule has 31 heavy (non-hydrogen) atoms. The first-order valence-electron chi connectivity index (χ1n) is 11.4. The Balaban J connectivity index is 0.00000272. The Morgan fingerprint density at radius 1 is 1.06 bits per heavy atom. The van der Waals surface area contributed by atoms with Gasteiger partial charge in [-0.1, -0.05) is 12.5 Å². The molecule has 172 valence electrons. The van der Waals surface area contributed by atoms with Crippen LogP contribution in [-0.2, 0) is 4.79 Å². The summed E-state index contributed by atoms with van der Waals surface area (Å²) in [4.78, 5) is 30.5. The fourth-order valence-corrected chi connectivity index (χ4v) is 4.45. The fraction of sp³-hybridized carbons (Fsp3) is 0.682. The van der Waals surface area contributed by atoms with Gasteiger partial charge in [0.1, 0.15) is 5.82 Å². The fourth-order valence-electron chi connectivity index (χ4n) is 4.45. The average molecular weight is 541 g/mol. The molecule has 0 radical (unpaired) electrons. The molecule has 0 aromatic carbocycles. The van der Waals surface area contributed by atoms with Crippen molar-refractivity contribution < 1.29 is 4.79 Å². The van der Waals surface area contributed by atoms with E-state index in [0.717, 1.165) is 90.1 Å². The number of guanidine groups is 1. The molecule has 1 saturated carbocycles. The topological polar surface area (TPSA) is 67.3 Å². The van der Waals surface area contributed by atoms with Gasteiger partial charge in [0.25, 0.3) is 0 Å². The maximum absolute atomic E-state index is 12.4. The second-order valence-corrected chi connectivity index (χ2v) is 8.43. The molecule has 1 aromatic rings. The van der Waals surface area contributed by atoms with Crippen LogP contribution in [0.5, 0.6) is 0 Å². The lowest BCUT2D eigenvalue weighted by Gasteiger charge is -2.39. The van der Waals surface area contributed by atoms with Crippen molar-refractivity contribution in [1.82, 2.24) is 25.0 Å². The molecule has 3 fully saturated rings. The zero-order chi connectivity index (χ0) is 20.8. The lowest BCUT2D eigenvalue weighted by atomic mass is 9.84. The quantitative estimate of drug-likeness (QED) is 0.345. The number of hydrogen-bond acceptors (Lipinski definition) is 5. The van der Waals surface area contributed by atoms with E-state index in [1.807, 2.05) is 25.4 Å². The van der Waals surface area contributed by atoms with Crippen LogP contribution in [0.3, 0.4) is 0 Å². The van der Waals surface area contributed by atoms with Gasteiger partial charge in [-0.15, -0.1) is 24.0 Å². The number of anilines is 1. The molecule has 0 bridgehead atoms. The van der Waals surface area contributed by atoms with Crippen LogP contribution in [0.1, 0.15) is 19.3 Å². The number of halogens is 1. The van der Waals surface area contributed by atoms with Crippen LogP contribution >= 0.6 is 24.0 Å². The van der Waals surface area contributed by atoms with E-state index < -0.39 is 0 Å².